The quantitative estimate of drug-likeness (QED) is 0.808. The SMILES string of the molecule is Cc1nn(C)c(CC(O)c2cnc3ccccc3n2)c1Cl. The van der Waals surface area contributed by atoms with E-state index >= 15 is 0 Å². The topological polar surface area (TPSA) is 63.8 Å². The van der Waals surface area contributed by atoms with Gasteiger partial charge in [0.15, 0.2) is 0 Å². The van der Waals surface area contributed by atoms with Gasteiger partial charge in [-0.25, -0.2) is 4.98 Å². The first kappa shape index (κ1) is 14.0. The van der Waals surface area contributed by atoms with Gasteiger partial charge in [0.1, 0.15) is 6.10 Å². The van der Waals surface area contributed by atoms with E-state index in [4.69, 9.17) is 11.6 Å². The van der Waals surface area contributed by atoms with Gasteiger partial charge in [0.25, 0.3) is 0 Å². The van der Waals surface area contributed by atoms with E-state index in [-0.39, 0.29) is 0 Å². The molecule has 6 heteroatoms. The Morgan fingerprint density at radius 1 is 1.29 bits per heavy atom. The molecule has 2 aromatic heterocycles. The number of aryl methyl sites for hydroxylation is 2. The van der Waals surface area contributed by atoms with E-state index in [0.29, 0.717) is 17.1 Å². The van der Waals surface area contributed by atoms with Crippen molar-refractivity contribution >= 4 is 22.6 Å². The molecule has 0 radical (unpaired) electrons. The van der Waals surface area contributed by atoms with Crippen LogP contribution in [-0.4, -0.2) is 24.9 Å². The Kier molecular flexibility index (Phi) is 3.61. The molecule has 1 aromatic carbocycles. The van der Waals surface area contributed by atoms with Crippen LogP contribution in [-0.2, 0) is 13.5 Å². The van der Waals surface area contributed by atoms with Crippen LogP contribution in [0.25, 0.3) is 11.0 Å². The van der Waals surface area contributed by atoms with Gasteiger partial charge < -0.3 is 5.11 Å². The fraction of sp³-hybridized carbons (Fsp3) is 0.267. The van der Waals surface area contributed by atoms with Crippen molar-refractivity contribution in [3.63, 3.8) is 0 Å². The zero-order chi connectivity index (χ0) is 15.0. The van der Waals surface area contributed by atoms with Crippen molar-refractivity contribution in [2.24, 2.45) is 7.05 Å². The van der Waals surface area contributed by atoms with Crippen molar-refractivity contribution in [3.05, 3.63) is 52.6 Å². The number of aromatic nitrogens is 4. The highest BCUT2D eigenvalue weighted by atomic mass is 35.5. The molecule has 0 bridgehead atoms. The highest BCUT2D eigenvalue weighted by Gasteiger charge is 2.18. The van der Waals surface area contributed by atoms with E-state index in [0.717, 1.165) is 22.4 Å². The number of benzene rings is 1. The van der Waals surface area contributed by atoms with E-state index in [2.05, 4.69) is 15.1 Å². The molecule has 0 aliphatic rings. The van der Waals surface area contributed by atoms with E-state index in [1.54, 1.807) is 10.9 Å². The second kappa shape index (κ2) is 5.42. The standard InChI is InChI=1S/C15H15ClN4O/c1-9-15(16)13(20(2)19-9)7-14(21)12-8-17-10-5-3-4-6-11(10)18-12/h3-6,8,14,21H,7H2,1-2H3. The van der Waals surface area contributed by atoms with Gasteiger partial charge in [0.2, 0.25) is 0 Å². The number of aliphatic hydroxyl groups excluding tert-OH is 1. The van der Waals surface area contributed by atoms with Gasteiger partial charge in [-0.1, -0.05) is 23.7 Å². The maximum Gasteiger partial charge on any atom is 0.103 e. The number of hydrogen-bond acceptors (Lipinski definition) is 4. The van der Waals surface area contributed by atoms with Crippen LogP contribution in [0.2, 0.25) is 5.02 Å². The van der Waals surface area contributed by atoms with Crippen molar-refractivity contribution in [1.82, 2.24) is 19.7 Å². The van der Waals surface area contributed by atoms with Gasteiger partial charge >= 0.3 is 0 Å². The Hall–Kier alpha value is -1.98. The zero-order valence-corrected chi connectivity index (χ0v) is 12.5. The predicted octanol–water partition coefficient (Wildman–Crippen LogP) is 2.60. The lowest BCUT2D eigenvalue weighted by atomic mass is 10.1. The maximum atomic E-state index is 10.4. The molecule has 0 saturated heterocycles. The van der Waals surface area contributed by atoms with Gasteiger partial charge in [0, 0.05) is 13.5 Å². The highest BCUT2D eigenvalue weighted by Crippen LogP contribution is 2.25. The lowest BCUT2D eigenvalue weighted by molar-refractivity contribution is 0.171. The lowest BCUT2D eigenvalue weighted by Gasteiger charge is -2.11. The number of rotatable bonds is 3. The van der Waals surface area contributed by atoms with Crippen LogP contribution in [0.5, 0.6) is 0 Å². The molecule has 1 N–H and O–H groups in total. The molecule has 3 aromatic rings. The second-order valence-electron chi connectivity index (χ2n) is 4.97. The predicted molar refractivity (Wildman–Crippen MR) is 81.2 cm³/mol. The van der Waals surface area contributed by atoms with Crippen LogP contribution >= 0.6 is 11.6 Å². The van der Waals surface area contributed by atoms with Gasteiger partial charge in [-0.3, -0.25) is 9.67 Å². The minimum atomic E-state index is -0.769. The molecule has 0 fully saturated rings. The number of nitrogens with zero attached hydrogens (tertiary/aromatic N) is 4. The summed E-state index contributed by atoms with van der Waals surface area (Å²) in [5.41, 5.74) is 3.65. The van der Waals surface area contributed by atoms with Gasteiger partial charge in [-0.15, -0.1) is 0 Å². The minimum absolute atomic E-state index is 0.350. The van der Waals surface area contributed by atoms with E-state index in [1.807, 2.05) is 38.2 Å². The Morgan fingerprint density at radius 3 is 2.67 bits per heavy atom. The molecule has 108 valence electrons. The fourth-order valence-electron chi connectivity index (χ4n) is 2.32. The third kappa shape index (κ3) is 2.62. The molecule has 0 saturated carbocycles. The van der Waals surface area contributed by atoms with Crippen LogP contribution in [0, 0.1) is 6.92 Å². The minimum Gasteiger partial charge on any atom is -0.386 e. The Morgan fingerprint density at radius 2 is 2.00 bits per heavy atom. The first-order chi connectivity index (χ1) is 10.1. The molecule has 5 nitrogen and oxygen atoms in total. The van der Waals surface area contributed by atoms with Crippen molar-refractivity contribution in [3.8, 4) is 0 Å². The van der Waals surface area contributed by atoms with E-state index < -0.39 is 6.10 Å². The molecule has 3 rings (SSSR count). The Labute approximate surface area is 127 Å². The molecule has 0 aliphatic heterocycles. The summed E-state index contributed by atoms with van der Waals surface area (Å²) in [7, 11) is 1.81. The van der Waals surface area contributed by atoms with E-state index in [1.165, 1.54) is 0 Å². The number of para-hydroxylation sites is 2. The first-order valence-corrected chi connectivity index (χ1v) is 7.02. The monoisotopic (exact) mass is 302 g/mol. The van der Waals surface area contributed by atoms with Gasteiger partial charge in [-0.2, -0.15) is 5.10 Å². The molecule has 0 spiro atoms. The molecular weight excluding hydrogens is 288 g/mol. The summed E-state index contributed by atoms with van der Waals surface area (Å²) in [5.74, 6) is 0. The summed E-state index contributed by atoms with van der Waals surface area (Å²) in [6.45, 7) is 1.84. The fourth-order valence-corrected chi connectivity index (χ4v) is 2.56. The van der Waals surface area contributed by atoms with Gasteiger partial charge in [-0.05, 0) is 19.1 Å². The summed E-state index contributed by atoms with van der Waals surface area (Å²) in [5, 5.41) is 15.2. The zero-order valence-electron chi connectivity index (χ0n) is 11.8. The van der Waals surface area contributed by atoms with Crippen LogP contribution in [0.4, 0.5) is 0 Å². The van der Waals surface area contributed by atoms with Crippen LogP contribution in [0.1, 0.15) is 23.2 Å². The average Bonchev–Trinajstić information content (AvgIpc) is 2.73. The first-order valence-electron chi connectivity index (χ1n) is 6.64. The third-order valence-electron chi connectivity index (χ3n) is 3.46. The van der Waals surface area contributed by atoms with Gasteiger partial charge in [0.05, 0.1) is 39.3 Å². The molecule has 2 heterocycles. The molecule has 0 aliphatic carbocycles. The normalized spacial score (nSPS) is 12.8. The van der Waals surface area contributed by atoms with Crippen LogP contribution < -0.4 is 0 Å². The van der Waals surface area contributed by atoms with Crippen molar-refractivity contribution in [2.75, 3.05) is 0 Å². The van der Waals surface area contributed by atoms with Crippen LogP contribution in [0.3, 0.4) is 0 Å². The average molecular weight is 303 g/mol. The molecule has 1 atom stereocenters. The number of aliphatic hydroxyl groups is 1. The molecule has 21 heavy (non-hydrogen) atoms. The number of fused-ring (bicyclic) bond motifs is 1. The summed E-state index contributed by atoms with van der Waals surface area (Å²) in [6, 6.07) is 7.57. The second-order valence-corrected chi connectivity index (χ2v) is 5.35. The number of halogens is 1. The Balaban J connectivity index is 1.91. The van der Waals surface area contributed by atoms with E-state index in [9.17, 15) is 5.11 Å². The Bertz CT molecular complexity index is 799. The van der Waals surface area contributed by atoms with Crippen LogP contribution in [0.15, 0.2) is 30.5 Å². The van der Waals surface area contributed by atoms with Crippen molar-refractivity contribution in [2.45, 2.75) is 19.4 Å². The molecule has 0 amide bonds. The summed E-state index contributed by atoms with van der Waals surface area (Å²) >= 11 is 6.21. The largest absolute Gasteiger partial charge is 0.386 e. The highest BCUT2D eigenvalue weighted by molar-refractivity contribution is 6.31. The summed E-state index contributed by atoms with van der Waals surface area (Å²) in [6.07, 6.45) is 1.18. The van der Waals surface area contributed by atoms with Crippen molar-refractivity contribution < 1.29 is 5.11 Å². The smallest absolute Gasteiger partial charge is 0.103 e. The summed E-state index contributed by atoms with van der Waals surface area (Å²) < 4.78 is 1.69. The number of hydrogen-bond donors (Lipinski definition) is 1. The maximum absolute atomic E-state index is 10.4. The molecular formula is C15H15ClN4O. The van der Waals surface area contributed by atoms with Crippen molar-refractivity contribution in [1.29, 1.82) is 0 Å². The third-order valence-corrected chi connectivity index (χ3v) is 3.95. The molecule has 1 unspecified atom stereocenters. The lowest BCUT2D eigenvalue weighted by Crippen LogP contribution is -2.09. The summed E-state index contributed by atoms with van der Waals surface area (Å²) in [4.78, 5) is 8.77.